The minimum Gasteiger partial charge on any atom is -0.496 e. The van der Waals surface area contributed by atoms with Crippen molar-refractivity contribution < 1.29 is 19.1 Å². The van der Waals surface area contributed by atoms with Crippen LogP contribution < -0.4 is 4.74 Å². The number of carbonyl (C=O) groups excluding carboxylic acids is 2. The summed E-state index contributed by atoms with van der Waals surface area (Å²) >= 11 is 3.37. The van der Waals surface area contributed by atoms with Gasteiger partial charge in [-0.25, -0.2) is 4.79 Å². The van der Waals surface area contributed by atoms with Crippen molar-refractivity contribution in [1.29, 1.82) is 0 Å². The zero-order chi connectivity index (χ0) is 13.7. The smallest absolute Gasteiger partial charge is 0.379 e. The maximum atomic E-state index is 11.8. The summed E-state index contributed by atoms with van der Waals surface area (Å²) in [5.41, 5.74) is 1.22. The van der Waals surface area contributed by atoms with Crippen molar-refractivity contribution >= 4 is 27.7 Å². The lowest BCUT2D eigenvalue weighted by molar-refractivity contribution is -0.137. The SMILES string of the molecule is CCOC(=O)C(=O)c1cc(Br)c(CC)c(OC)c1. The maximum absolute atomic E-state index is 11.8. The lowest BCUT2D eigenvalue weighted by atomic mass is 10.1. The second kappa shape index (κ2) is 6.54. The van der Waals surface area contributed by atoms with Gasteiger partial charge in [0.05, 0.1) is 13.7 Å². The molecule has 0 saturated carbocycles. The number of Topliss-reactive ketones (excluding diaryl/α,β-unsaturated/α-hetero) is 1. The predicted molar refractivity (Wildman–Crippen MR) is 71.0 cm³/mol. The Morgan fingerprint density at radius 1 is 1.28 bits per heavy atom. The quantitative estimate of drug-likeness (QED) is 0.476. The van der Waals surface area contributed by atoms with E-state index < -0.39 is 11.8 Å². The molecule has 0 aliphatic heterocycles. The van der Waals surface area contributed by atoms with Crippen molar-refractivity contribution in [2.45, 2.75) is 20.3 Å². The summed E-state index contributed by atoms with van der Waals surface area (Å²) in [5.74, 6) is -0.936. The fraction of sp³-hybridized carbons (Fsp3) is 0.385. The molecule has 0 aliphatic rings. The largest absolute Gasteiger partial charge is 0.496 e. The van der Waals surface area contributed by atoms with E-state index in [9.17, 15) is 9.59 Å². The second-order valence-electron chi connectivity index (χ2n) is 3.54. The number of methoxy groups -OCH3 is 1. The molecule has 0 saturated heterocycles. The van der Waals surface area contributed by atoms with Crippen molar-refractivity contribution in [2.24, 2.45) is 0 Å². The van der Waals surface area contributed by atoms with E-state index in [2.05, 4.69) is 20.7 Å². The zero-order valence-electron chi connectivity index (χ0n) is 10.6. The van der Waals surface area contributed by atoms with E-state index in [4.69, 9.17) is 4.74 Å². The molecule has 0 aromatic heterocycles. The van der Waals surface area contributed by atoms with Gasteiger partial charge in [0.15, 0.2) is 0 Å². The van der Waals surface area contributed by atoms with Crippen LogP contribution in [0.5, 0.6) is 5.75 Å². The van der Waals surface area contributed by atoms with Crippen LogP contribution in [0.15, 0.2) is 16.6 Å². The van der Waals surface area contributed by atoms with E-state index in [1.807, 2.05) is 6.92 Å². The van der Waals surface area contributed by atoms with E-state index in [0.29, 0.717) is 5.75 Å². The number of hydrogen-bond donors (Lipinski definition) is 0. The third-order valence-electron chi connectivity index (χ3n) is 2.45. The maximum Gasteiger partial charge on any atom is 0.379 e. The van der Waals surface area contributed by atoms with Crippen LogP contribution in [-0.2, 0) is 16.0 Å². The number of rotatable bonds is 5. The van der Waals surface area contributed by atoms with Crippen molar-refractivity contribution in [3.63, 3.8) is 0 Å². The predicted octanol–water partition coefficient (Wildman–Crippen LogP) is 2.77. The molecule has 0 fully saturated rings. The van der Waals surface area contributed by atoms with Gasteiger partial charge in [-0.3, -0.25) is 4.79 Å². The molecule has 5 heteroatoms. The lowest BCUT2D eigenvalue weighted by Crippen LogP contribution is -2.17. The van der Waals surface area contributed by atoms with Gasteiger partial charge in [-0.15, -0.1) is 0 Å². The molecule has 0 atom stereocenters. The third kappa shape index (κ3) is 3.10. The number of carbonyl (C=O) groups is 2. The summed E-state index contributed by atoms with van der Waals surface area (Å²) in [6.45, 7) is 3.81. The highest BCUT2D eigenvalue weighted by Crippen LogP contribution is 2.29. The first-order valence-corrected chi connectivity index (χ1v) is 6.42. The van der Waals surface area contributed by atoms with Gasteiger partial charge < -0.3 is 9.47 Å². The Morgan fingerprint density at radius 2 is 1.94 bits per heavy atom. The Labute approximate surface area is 114 Å². The van der Waals surface area contributed by atoms with Gasteiger partial charge in [-0.2, -0.15) is 0 Å². The van der Waals surface area contributed by atoms with Crippen LogP contribution in [-0.4, -0.2) is 25.5 Å². The molecule has 0 spiro atoms. The highest BCUT2D eigenvalue weighted by atomic mass is 79.9. The zero-order valence-corrected chi connectivity index (χ0v) is 12.2. The Kier molecular flexibility index (Phi) is 5.34. The second-order valence-corrected chi connectivity index (χ2v) is 4.40. The summed E-state index contributed by atoms with van der Waals surface area (Å²) in [7, 11) is 1.53. The van der Waals surface area contributed by atoms with E-state index in [1.54, 1.807) is 19.1 Å². The molecule has 1 aromatic rings. The minimum atomic E-state index is -0.851. The molecule has 0 heterocycles. The average Bonchev–Trinajstić information content (AvgIpc) is 2.36. The van der Waals surface area contributed by atoms with Crippen molar-refractivity contribution in [3.05, 3.63) is 27.7 Å². The number of benzene rings is 1. The Morgan fingerprint density at radius 3 is 2.44 bits per heavy atom. The molecule has 0 bridgehead atoms. The van der Waals surface area contributed by atoms with Gasteiger partial charge in [0.2, 0.25) is 0 Å². The first-order chi connectivity index (χ1) is 8.54. The molecule has 98 valence electrons. The van der Waals surface area contributed by atoms with Gasteiger partial charge >= 0.3 is 5.97 Å². The van der Waals surface area contributed by atoms with Crippen LogP contribution >= 0.6 is 15.9 Å². The van der Waals surface area contributed by atoms with Gasteiger partial charge in [0.25, 0.3) is 5.78 Å². The molecular formula is C13H15BrO4. The standard InChI is InChI=1S/C13H15BrO4/c1-4-9-10(14)6-8(7-11(9)17-3)12(15)13(16)18-5-2/h6-7H,4-5H2,1-3H3. The number of halogens is 1. The first kappa shape index (κ1) is 14.7. The van der Waals surface area contributed by atoms with Gasteiger partial charge in [-0.05, 0) is 25.5 Å². The Hall–Kier alpha value is -1.36. The molecule has 1 rings (SSSR count). The highest BCUT2D eigenvalue weighted by Gasteiger charge is 2.20. The van der Waals surface area contributed by atoms with Gasteiger partial charge in [-0.1, -0.05) is 22.9 Å². The van der Waals surface area contributed by atoms with Crippen LogP contribution in [0.3, 0.4) is 0 Å². The number of ether oxygens (including phenoxy) is 2. The molecule has 0 amide bonds. The summed E-state index contributed by atoms with van der Waals surface area (Å²) in [4.78, 5) is 23.2. The monoisotopic (exact) mass is 314 g/mol. The van der Waals surface area contributed by atoms with Crippen molar-refractivity contribution in [3.8, 4) is 5.75 Å². The summed E-state index contributed by atoms with van der Waals surface area (Å²) in [6, 6.07) is 3.17. The van der Waals surface area contributed by atoms with E-state index in [1.165, 1.54) is 7.11 Å². The topological polar surface area (TPSA) is 52.6 Å². The number of hydrogen-bond acceptors (Lipinski definition) is 4. The van der Waals surface area contributed by atoms with Crippen LogP contribution in [0.4, 0.5) is 0 Å². The molecule has 0 N–H and O–H groups in total. The van der Waals surface area contributed by atoms with E-state index >= 15 is 0 Å². The minimum absolute atomic E-state index is 0.177. The van der Waals surface area contributed by atoms with E-state index in [-0.39, 0.29) is 12.2 Å². The summed E-state index contributed by atoms with van der Waals surface area (Å²) < 4.78 is 10.6. The van der Waals surface area contributed by atoms with E-state index in [0.717, 1.165) is 16.5 Å². The first-order valence-electron chi connectivity index (χ1n) is 5.62. The fourth-order valence-corrected chi connectivity index (χ4v) is 2.30. The van der Waals surface area contributed by atoms with Gasteiger partial charge in [0, 0.05) is 15.6 Å². The van der Waals surface area contributed by atoms with Gasteiger partial charge in [0.1, 0.15) is 5.75 Å². The lowest BCUT2D eigenvalue weighted by Gasteiger charge is -2.11. The summed E-state index contributed by atoms with van der Waals surface area (Å²) in [5, 5.41) is 0. The normalized spacial score (nSPS) is 10.0. The molecule has 4 nitrogen and oxygen atoms in total. The van der Waals surface area contributed by atoms with Crippen molar-refractivity contribution in [2.75, 3.05) is 13.7 Å². The molecule has 0 aliphatic carbocycles. The molecule has 18 heavy (non-hydrogen) atoms. The summed E-state index contributed by atoms with van der Waals surface area (Å²) in [6.07, 6.45) is 0.762. The number of esters is 1. The fourth-order valence-electron chi connectivity index (χ4n) is 1.58. The number of ketones is 1. The molecule has 1 aromatic carbocycles. The van der Waals surface area contributed by atoms with Crippen LogP contribution in [0, 0.1) is 0 Å². The third-order valence-corrected chi connectivity index (χ3v) is 3.16. The van der Waals surface area contributed by atoms with Crippen LogP contribution in [0.25, 0.3) is 0 Å². The molecule has 0 unspecified atom stereocenters. The molecule has 0 radical (unpaired) electrons. The van der Waals surface area contributed by atoms with Crippen LogP contribution in [0.1, 0.15) is 29.8 Å². The molecular weight excluding hydrogens is 300 g/mol. The van der Waals surface area contributed by atoms with Crippen LogP contribution in [0.2, 0.25) is 0 Å². The Bertz CT molecular complexity index is 468. The van der Waals surface area contributed by atoms with Crippen molar-refractivity contribution in [1.82, 2.24) is 0 Å². The Balaban J connectivity index is 3.15. The highest BCUT2D eigenvalue weighted by molar-refractivity contribution is 9.10. The average molecular weight is 315 g/mol.